The minimum absolute atomic E-state index is 0.0222. The van der Waals surface area contributed by atoms with Crippen molar-refractivity contribution in [3.63, 3.8) is 0 Å². The molecule has 2 N–H and O–H groups in total. The highest BCUT2D eigenvalue weighted by Gasteiger charge is 2.25. The Balaban J connectivity index is 2.08. The molecule has 0 amide bonds. The summed E-state index contributed by atoms with van der Waals surface area (Å²) in [5.74, 6) is -0.416. The van der Waals surface area contributed by atoms with Gasteiger partial charge in [0.2, 0.25) is 10.0 Å². The van der Waals surface area contributed by atoms with Crippen LogP contribution in [0.3, 0.4) is 0 Å². The third-order valence-corrected chi connectivity index (χ3v) is 5.08. The molecule has 0 saturated heterocycles. The molecule has 1 aliphatic rings. The fourth-order valence-corrected chi connectivity index (χ4v) is 3.77. The van der Waals surface area contributed by atoms with Crippen LogP contribution in [-0.2, 0) is 10.0 Å². The summed E-state index contributed by atoms with van der Waals surface area (Å²) in [6.07, 6.45) is 1.81. The van der Waals surface area contributed by atoms with E-state index in [1.165, 1.54) is 12.1 Å². The average Bonchev–Trinajstić information content (AvgIpc) is 2.76. The predicted molar refractivity (Wildman–Crippen MR) is 69.7 cm³/mol. The van der Waals surface area contributed by atoms with Gasteiger partial charge in [0.25, 0.3) is 0 Å². The first kappa shape index (κ1) is 14.4. The number of aryl methyl sites for hydroxylation is 1. The van der Waals surface area contributed by atoms with Crippen LogP contribution in [-0.4, -0.2) is 26.2 Å². The molecule has 0 spiro atoms. The van der Waals surface area contributed by atoms with Crippen molar-refractivity contribution in [3.05, 3.63) is 29.6 Å². The lowest BCUT2D eigenvalue weighted by Gasteiger charge is -2.13. The van der Waals surface area contributed by atoms with Gasteiger partial charge in [-0.2, -0.15) is 0 Å². The minimum Gasteiger partial charge on any atom is -0.393 e. The Kier molecular flexibility index (Phi) is 4.23. The lowest BCUT2D eigenvalue weighted by molar-refractivity contribution is 0.178. The molecule has 106 valence electrons. The second-order valence-corrected chi connectivity index (χ2v) is 6.83. The number of sulfonamides is 1. The van der Waals surface area contributed by atoms with E-state index in [0.29, 0.717) is 18.4 Å². The maximum absolute atomic E-state index is 13.1. The molecule has 4 nitrogen and oxygen atoms in total. The Morgan fingerprint density at radius 1 is 1.42 bits per heavy atom. The van der Waals surface area contributed by atoms with Gasteiger partial charge in [-0.1, -0.05) is 6.07 Å². The number of benzene rings is 1. The van der Waals surface area contributed by atoms with E-state index in [-0.39, 0.29) is 23.5 Å². The molecule has 1 fully saturated rings. The first-order chi connectivity index (χ1) is 8.88. The topological polar surface area (TPSA) is 66.4 Å². The Labute approximate surface area is 112 Å². The molecular weight excluding hydrogens is 269 g/mol. The minimum atomic E-state index is -3.69. The molecule has 1 aliphatic carbocycles. The summed E-state index contributed by atoms with van der Waals surface area (Å²) in [4.78, 5) is -0.0222. The molecule has 0 bridgehead atoms. The Morgan fingerprint density at radius 3 is 2.79 bits per heavy atom. The van der Waals surface area contributed by atoms with Crippen LogP contribution in [0.4, 0.5) is 4.39 Å². The van der Waals surface area contributed by atoms with Crippen molar-refractivity contribution in [2.24, 2.45) is 5.92 Å². The van der Waals surface area contributed by atoms with Gasteiger partial charge < -0.3 is 5.11 Å². The van der Waals surface area contributed by atoms with E-state index >= 15 is 0 Å². The summed E-state index contributed by atoms with van der Waals surface area (Å²) in [5, 5.41) is 9.40. The Bertz CT molecular complexity index is 559. The van der Waals surface area contributed by atoms with Crippen molar-refractivity contribution in [1.29, 1.82) is 0 Å². The second-order valence-electron chi connectivity index (χ2n) is 5.09. The highest BCUT2D eigenvalue weighted by molar-refractivity contribution is 7.89. The van der Waals surface area contributed by atoms with E-state index in [1.807, 2.05) is 0 Å². The largest absolute Gasteiger partial charge is 0.393 e. The van der Waals surface area contributed by atoms with Crippen molar-refractivity contribution in [3.8, 4) is 0 Å². The van der Waals surface area contributed by atoms with E-state index in [0.717, 1.165) is 12.5 Å². The molecule has 0 radical (unpaired) electrons. The molecule has 1 aromatic rings. The monoisotopic (exact) mass is 287 g/mol. The quantitative estimate of drug-likeness (QED) is 0.883. The molecule has 2 unspecified atom stereocenters. The highest BCUT2D eigenvalue weighted by Crippen LogP contribution is 2.25. The van der Waals surface area contributed by atoms with Gasteiger partial charge in [0.05, 0.1) is 11.0 Å². The number of aliphatic hydroxyl groups is 1. The first-order valence-corrected chi connectivity index (χ1v) is 7.80. The summed E-state index contributed by atoms with van der Waals surface area (Å²) >= 11 is 0. The zero-order valence-corrected chi connectivity index (χ0v) is 11.6. The molecule has 2 rings (SSSR count). The Hall–Kier alpha value is -0.980. The maximum Gasteiger partial charge on any atom is 0.240 e. The van der Waals surface area contributed by atoms with Gasteiger partial charge in [0.1, 0.15) is 5.82 Å². The van der Waals surface area contributed by atoms with E-state index in [2.05, 4.69) is 4.72 Å². The molecular formula is C13H18FNO3S. The van der Waals surface area contributed by atoms with Gasteiger partial charge in [0, 0.05) is 6.54 Å². The second kappa shape index (κ2) is 5.56. The Morgan fingerprint density at radius 2 is 2.16 bits per heavy atom. The van der Waals surface area contributed by atoms with Crippen LogP contribution < -0.4 is 4.72 Å². The number of halogens is 1. The summed E-state index contributed by atoms with van der Waals surface area (Å²) in [6, 6.07) is 3.71. The van der Waals surface area contributed by atoms with E-state index in [9.17, 15) is 17.9 Å². The number of hydrogen-bond donors (Lipinski definition) is 2. The molecule has 6 heteroatoms. The van der Waals surface area contributed by atoms with E-state index < -0.39 is 15.8 Å². The normalized spacial score (nSPS) is 23.7. The third-order valence-electron chi connectivity index (χ3n) is 3.52. The molecule has 0 aliphatic heterocycles. The summed E-state index contributed by atoms with van der Waals surface area (Å²) in [6.45, 7) is 1.92. The first-order valence-electron chi connectivity index (χ1n) is 6.32. The van der Waals surface area contributed by atoms with Crippen molar-refractivity contribution in [1.82, 2.24) is 4.72 Å². The van der Waals surface area contributed by atoms with Gasteiger partial charge in [-0.15, -0.1) is 0 Å². The van der Waals surface area contributed by atoms with Crippen LogP contribution in [0.25, 0.3) is 0 Å². The van der Waals surface area contributed by atoms with Crippen LogP contribution in [0, 0.1) is 18.7 Å². The van der Waals surface area contributed by atoms with E-state index in [4.69, 9.17) is 0 Å². The van der Waals surface area contributed by atoms with Crippen LogP contribution in [0.2, 0.25) is 0 Å². The molecule has 1 saturated carbocycles. The smallest absolute Gasteiger partial charge is 0.240 e. The summed E-state index contributed by atoms with van der Waals surface area (Å²) in [7, 11) is -3.69. The summed E-state index contributed by atoms with van der Waals surface area (Å²) in [5.41, 5.74) is 0.514. The fraction of sp³-hybridized carbons (Fsp3) is 0.538. The lowest BCUT2D eigenvalue weighted by Crippen LogP contribution is -2.29. The zero-order chi connectivity index (χ0) is 14.0. The number of hydrogen-bond acceptors (Lipinski definition) is 3. The molecule has 0 aromatic heterocycles. The molecule has 2 atom stereocenters. The van der Waals surface area contributed by atoms with Crippen molar-refractivity contribution < 1.29 is 17.9 Å². The van der Waals surface area contributed by atoms with Gasteiger partial charge >= 0.3 is 0 Å². The molecule has 0 heterocycles. The van der Waals surface area contributed by atoms with Gasteiger partial charge in [0.15, 0.2) is 0 Å². The van der Waals surface area contributed by atoms with Gasteiger partial charge in [-0.05, 0) is 49.8 Å². The number of rotatable bonds is 4. The van der Waals surface area contributed by atoms with Crippen LogP contribution >= 0.6 is 0 Å². The van der Waals surface area contributed by atoms with Crippen molar-refractivity contribution in [2.45, 2.75) is 37.2 Å². The predicted octanol–water partition coefficient (Wildman–Crippen LogP) is 1.57. The van der Waals surface area contributed by atoms with Crippen LogP contribution in [0.5, 0.6) is 0 Å². The maximum atomic E-state index is 13.1. The van der Waals surface area contributed by atoms with Gasteiger partial charge in [-0.25, -0.2) is 17.5 Å². The lowest BCUT2D eigenvalue weighted by atomic mass is 10.1. The van der Waals surface area contributed by atoms with E-state index in [1.54, 1.807) is 6.92 Å². The zero-order valence-electron chi connectivity index (χ0n) is 10.8. The number of aliphatic hydroxyl groups excluding tert-OH is 1. The molecule has 1 aromatic carbocycles. The van der Waals surface area contributed by atoms with Crippen molar-refractivity contribution in [2.75, 3.05) is 6.54 Å². The van der Waals surface area contributed by atoms with Crippen LogP contribution in [0.15, 0.2) is 23.1 Å². The van der Waals surface area contributed by atoms with Gasteiger partial charge in [-0.3, -0.25) is 0 Å². The highest BCUT2D eigenvalue weighted by atomic mass is 32.2. The number of nitrogens with one attached hydrogen (secondary N) is 1. The standard InChI is InChI=1S/C13H18FNO3S/c1-9-2-4-11(14)7-13(9)19(17,18)15-8-10-3-5-12(16)6-10/h2,4,7,10,12,15-16H,3,5-6,8H2,1H3. The summed E-state index contributed by atoms with van der Waals surface area (Å²) < 4.78 is 39.9. The van der Waals surface area contributed by atoms with Crippen molar-refractivity contribution >= 4 is 10.0 Å². The molecule has 19 heavy (non-hydrogen) atoms. The fourth-order valence-electron chi connectivity index (χ4n) is 2.40. The third kappa shape index (κ3) is 3.52. The SMILES string of the molecule is Cc1ccc(F)cc1S(=O)(=O)NCC1CCC(O)C1. The van der Waals surface area contributed by atoms with Crippen LogP contribution in [0.1, 0.15) is 24.8 Å². The average molecular weight is 287 g/mol.